The van der Waals surface area contributed by atoms with Crippen LogP contribution in [0.25, 0.3) is 0 Å². The molecule has 0 radical (unpaired) electrons. The van der Waals surface area contributed by atoms with E-state index in [1.807, 2.05) is 19.1 Å². The number of halogens is 1. The standard InChI is InChI=1S/C15H22BrNO/c1-11(17)13-7-8-15(14(16)9-13)18-10-12-5-3-2-4-6-12/h7-9,11-12H,2-6,10,17H2,1H3/t11-/m1/s1. The average Bonchev–Trinajstić information content (AvgIpc) is 2.38. The van der Waals surface area contributed by atoms with Crippen LogP contribution in [0.4, 0.5) is 0 Å². The molecule has 0 aliphatic heterocycles. The van der Waals surface area contributed by atoms with E-state index in [0.717, 1.165) is 28.3 Å². The first kappa shape index (κ1) is 13.9. The van der Waals surface area contributed by atoms with Crippen LogP contribution in [0.5, 0.6) is 5.75 Å². The predicted molar refractivity (Wildman–Crippen MR) is 78.8 cm³/mol. The SMILES string of the molecule is C[C@@H](N)c1ccc(OCC2CCCCC2)c(Br)c1. The van der Waals surface area contributed by atoms with Gasteiger partial charge in [0.15, 0.2) is 0 Å². The molecule has 1 aliphatic rings. The van der Waals surface area contributed by atoms with E-state index in [0.29, 0.717) is 0 Å². The van der Waals surface area contributed by atoms with Gasteiger partial charge in [0.2, 0.25) is 0 Å². The first-order valence-electron chi connectivity index (χ1n) is 6.84. The Morgan fingerprint density at radius 2 is 2.06 bits per heavy atom. The third-order valence-electron chi connectivity index (χ3n) is 3.68. The van der Waals surface area contributed by atoms with Gasteiger partial charge in [0.05, 0.1) is 11.1 Å². The molecule has 2 rings (SSSR count). The molecule has 0 unspecified atom stereocenters. The molecular weight excluding hydrogens is 290 g/mol. The number of hydrogen-bond acceptors (Lipinski definition) is 2. The monoisotopic (exact) mass is 311 g/mol. The molecule has 1 aromatic rings. The van der Waals surface area contributed by atoms with Crippen molar-refractivity contribution in [3.8, 4) is 5.75 Å². The van der Waals surface area contributed by atoms with E-state index >= 15 is 0 Å². The molecule has 1 saturated carbocycles. The molecule has 2 nitrogen and oxygen atoms in total. The lowest BCUT2D eigenvalue weighted by atomic mass is 9.90. The second kappa shape index (κ2) is 6.58. The molecule has 1 fully saturated rings. The van der Waals surface area contributed by atoms with Crippen LogP contribution in [0.15, 0.2) is 22.7 Å². The summed E-state index contributed by atoms with van der Waals surface area (Å²) in [6.07, 6.45) is 6.74. The Hall–Kier alpha value is -0.540. The zero-order valence-corrected chi connectivity index (χ0v) is 12.6. The number of hydrogen-bond donors (Lipinski definition) is 1. The molecule has 1 aromatic carbocycles. The molecule has 0 amide bonds. The zero-order valence-electron chi connectivity index (χ0n) is 11.0. The van der Waals surface area contributed by atoms with Crippen LogP contribution >= 0.6 is 15.9 Å². The van der Waals surface area contributed by atoms with E-state index < -0.39 is 0 Å². The molecule has 2 N–H and O–H groups in total. The summed E-state index contributed by atoms with van der Waals surface area (Å²) in [4.78, 5) is 0. The van der Waals surface area contributed by atoms with Crippen molar-refractivity contribution in [2.45, 2.75) is 45.1 Å². The van der Waals surface area contributed by atoms with Gasteiger partial charge < -0.3 is 10.5 Å². The summed E-state index contributed by atoms with van der Waals surface area (Å²) in [6.45, 7) is 2.83. The first-order valence-corrected chi connectivity index (χ1v) is 7.64. The normalized spacial score (nSPS) is 18.6. The Bertz CT molecular complexity index is 386. The second-order valence-corrected chi connectivity index (χ2v) is 6.15. The van der Waals surface area contributed by atoms with Crippen LogP contribution in [0.2, 0.25) is 0 Å². The predicted octanol–water partition coefficient (Wildman–Crippen LogP) is 4.43. The Balaban J connectivity index is 1.92. The lowest BCUT2D eigenvalue weighted by Gasteiger charge is -2.22. The summed E-state index contributed by atoms with van der Waals surface area (Å²) in [6, 6.07) is 6.19. The molecule has 1 aliphatic carbocycles. The lowest BCUT2D eigenvalue weighted by Crippen LogP contribution is -2.15. The average molecular weight is 312 g/mol. The molecule has 18 heavy (non-hydrogen) atoms. The molecule has 0 aromatic heterocycles. The quantitative estimate of drug-likeness (QED) is 0.893. The first-order chi connectivity index (χ1) is 8.66. The summed E-state index contributed by atoms with van der Waals surface area (Å²) in [5, 5.41) is 0. The molecule has 0 saturated heterocycles. The fourth-order valence-electron chi connectivity index (χ4n) is 2.48. The largest absolute Gasteiger partial charge is 0.492 e. The van der Waals surface area contributed by atoms with Crippen molar-refractivity contribution in [3.63, 3.8) is 0 Å². The van der Waals surface area contributed by atoms with E-state index in [2.05, 4.69) is 22.0 Å². The Morgan fingerprint density at radius 1 is 1.33 bits per heavy atom. The van der Waals surface area contributed by atoms with E-state index in [4.69, 9.17) is 10.5 Å². The van der Waals surface area contributed by atoms with Gasteiger partial charge in [-0.1, -0.05) is 25.3 Å². The summed E-state index contributed by atoms with van der Waals surface area (Å²) >= 11 is 3.56. The fourth-order valence-corrected chi connectivity index (χ4v) is 2.99. The summed E-state index contributed by atoms with van der Waals surface area (Å²) in [5.41, 5.74) is 6.99. The maximum absolute atomic E-state index is 5.92. The number of ether oxygens (including phenoxy) is 1. The minimum absolute atomic E-state index is 0.0636. The fraction of sp³-hybridized carbons (Fsp3) is 0.600. The Kier molecular flexibility index (Phi) is 5.07. The van der Waals surface area contributed by atoms with Gasteiger partial charge in [-0.25, -0.2) is 0 Å². The van der Waals surface area contributed by atoms with Gasteiger partial charge in [0, 0.05) is 6.04 Å². The number of benzene rings is 1. The highest BCUT2D eigenvalue weighted by molar-refractivity contribution is 9.10. The highest BCUT2D eigenvalue weighted by atomic mass is 79.9. The summed E-state index contributed by atoms with van der Waals surface area (Å²) in [7, 11) is 0. The van der Waals surface area contributed by atoms with E-state index in [9.17, 15) is 0 Å². The maximum atomic E-state index is 5.92. The van der Waals surface area contributed by atoms with Gasteiger partial charge in [0.1, 0.15) is 5.75 Å². The van der Waals surface area contributed by atoms with Crippen LogP contribution < -0.4 is 10.5 Å². The third-order valence-corrected chi connectivity index (χ3v) is 4.30. The van der Waals surface area contributed by atoms with E-state index in [1.54, 1.807) is 0 Å². The highest BCUT2D eigenvalue weighted by Crippen LogP contribution is 2.30. The Labute approximate surface area is 118 Å². The third kappa shape index (κ3) is 3.72. The number of rotatable bonds is 4. The van der Waals surface area contributed by atoms with E-state index in [1.165, 1.54) is 32.1 Å². The van der Waals surface area contributed by atoms with Gasteiger partial charge in [-0.2, -0.15) is 0 Å². The van der Waals surface area contributed by atoms with Crippen molar-refractivity contribution in [1.29, 1.82) is 0 Å². The minimum Gasteiger partial charge on any atom is -0.492 e. The van der Waals surface area contributed by atoms with Gasteiger partial charge in [0.25, 0.3) is 0 Å². The summed E-state index contributed by atoms with van der Waals surface area (Å²) < 4.78 is 6.93. The van der Waals surface area contributed by atoms with Crippen LogP contribution in [0.1, 0.15) is 50.6 Å². The molecule has 0 bridgehead atoms. The van der Waals surface area contributed by atoms with Crippen molar-refractivity contribution in [2.75, 3.05) is 6.61 Å². The van der Waals surface area contributed by atoms with Crippen molar-refractivity contribution >= 4 is 15.9 Å². The Morgan fingerprint density at radius 3 is 2.67 bits per heavy atom. The summed E-state index contributed by atoms with van der Waals surface area (Å²) in [5.74, 6) is 1.67. The van der Waals surface area contributed by atoms with Crippen LogP contribution in [0.3, 0.4) is 0 Å². The van der Waals surface area contributed by atoms with Gasteiger partial charge >= 0.3 is 0 Å². The second-order valence-electron chi connectivity index (χ2n) is 5.29. The molecule has 0 spiro atoms. The number of nitrogens with two attached hydrogens (primary N) is 1. The van der Waals surface area contributed by atoms with Gasteiger partial charge in [-0.05, 0) is 59.3 Å². The molecule has 100 valence electrons. The van der Waals surface area contributed by atoms with Crippen LogP contribution in [0, 0.1) is 5.92 Å². The topological polar surface area (TPSA) is 35.2 Å². The smallest absolute Gasteiger partial charge is 0.133 e. The minimum atomic E-state index is 0.0636. The highest BCUT2D eigenvalue weighted by Gasteiger charge is 2.14. The van der Waals surface area contributed by atoms with Gasteiger partial charge in [-0.15, -0.1) is 0 Å². The van der Waals surface area contributed by atoms with Crippen LogP contribution in [-0.4, -0.2) is 6.61 Å². The van der Waals surface area contributed by atoms with Crippen molar-refractivity contribution < 1.29 is 4.74 Å². The molecule has 1 atom stereocenters. The van der Waals surface area contributed by atoms with Crippen molar-refractivity contribution in [2.24, 2.45) is 11.7 Å². The zero-order chi connectivity index (χ0) is 13.0. The lowest BCUT2D eigenvalue weighted by molar-refractivity contribution is 0.208. The van der Waals surface area contributed by atoms with Gasteiger partial charge in [-0.3, -0.25) is 0 Å². The van der Waals surface area contributed by atoms with Crippen molar-refractivity contribution in [3.05, 3.63) is 28.2 Å². The van der Waals surface area contributed by atoms with Crippen molar-refractivity contribution in [1.82, 2.24) is 0 Å². The molecule has 0 heterocycles. The van der Waals surface area contributed by atoms with Crippen LogP contribution in [-0.2, 0) is 0 Å². The molecule has 3 heteroatoms. The van der Waals surface area contributed by atoms with E-state index in [-0.39, 0.29) is 6.04 Å². The maximum Gasteiger partial charge on any atom is 0.133 e. The molecular formula is C15H22BrNO.